The second-order valence-electron chi connectivity index (χ2n) is 6.52. The molecule has 1 N–H and O–H groups in total. The molecular formula is C20H17ClF2N4O3. The first-order valence-corrected chi connectivity index (χ1v) is 9.17. The third-order valence-electron chi connectivity index (χ3n) is 4.61. The molecule has 0 fully saturated rings. The van der Waals surface area contributed by atoms with Crippen LogP contribution in [0.5, 0.6) is 0 Å². The van der Waals surface area contributed by atoms with Crippen LogP contribution < -0.4 is 15.1 Å². The largest absolute Gasteiger partial charge is 0.343 e. The van der Waals surface area contributed by atoms with Gasteiger partial charge in [0, 0.05) is 19.7 Å². The van der Waals surface area contributed by atoms with E-state index in [1.807, 2.05) is 0 Å². The first-order valence-electron chi connectivity index (χ1n) is 8.79. The van der Waals surface area contributed by atoms with Crippen LogP contribution in [0.15, 0.2) is 41.4 Å². The van der Waals surface area contributed by atoms with Gasteiger partial charge in [-0.05, 0) is 36.4 Å². The molecule has 0 bridgehead atoms. The quantitative estimate of drug-likeness (QED) is 0.691. The van der Waals surface area contributed by atoms with Crippen LogP contribution in [0.1, 0.15) is 15.9 Å². The van der Waals surface area contributed by atoms with Gasteiger partial charge in [-0.2, -0.15) is 0 Å². The van der Waals surface area contributed by atoms with Crippen molar-refractivity contribution in [3.63, 3.8) is 0 Å². The van der Waals surface area contributed by atoms with Crippen LogP contribution in [0.3, 0.4) is 0 Å². The molecule has 2 aliphatic rings. The Labute approximate surface area is 175 Å². The summed E-state index contributed by atoms with van der Waals surface area (Å²) in [6, 6.07) is 7.86. The van der Waals surface area contributed by atoms with Gasteiger partial charge in [-0.15, -0.1) is 0 Å². The minimum absolute atomic E-state index is 0.00830. The number of likely N-dealkylation sites (N-methyl/N-ethyl adjacent to an activating group) is 2. The molecule has 0 aliphatic carbocycles. The maximum absolute atomic E-state index is 13.0. The van der Waals surface area contributed by atoms with E-state index in [9.17, 15) is 23.2 Å². The smallest absolute Gasteiger partial charge is 0.253 e. The van der Waals surface area contributed by atoms with E-state index in [0.29, 0.717) is 16.9 Å². The first-order chi connectivity index (χ1) is 14.2. The number of nitrogens with one attached hydrogen (secondary N) is 1. The van der Waals surface area contributed by atoms with E-state index in [4.69, 9.17) is 11.6 Å². The molecule has 2 aromatic rings. The molecule has 0 radical (unpaired) electrons. The summed E-state index contributed by atoms with van der Waals surface area (Å²) in [4.78, 5) is 41.0. The van der Waals surface area contributed by atoms with Gasteiger partial charge in [0.1, 0.15) is 23.4 Å². The van der Waals surface area contributed by atoms with Crippen LogP contribution in [-0.2, 0) is 9.59 Å². The van der Waals surface area contributed by atoms with Crippen molar-refractivity contribution in [3.8, 4) is 0 Å². The van der Waals surface area contributed by atoms with Gasteiger partial charge in [0.25, 0.3) is 5.91 Å². The lowest BCUT2D eigenvalue weighted by atomic mass is 10.1. The molecule has 3 amide bonds. The molecule has 2 aromatic carbocycles. The lowest BCUT2D eigenvalue weighted by Crippen LogP contribution is -2.33. The minimum atomic E-state index is -0.494. The molecule has 4 rings (SSSR count). The highest BCUT2D eigenvalue weighted by molar-refractivity contribution is 6.70. The molecule has 0 spiro atoms. The fourth-order valence-electron chi connectivity index (χ4n) is 2.92. The highest BCUT2D eigenvalue weighted by atomic mass is 35.5. The van der Waals surface area contributed by atoms with Crippen molar-refractivity contribution in [3.05, 3.63) is 59.2 Å². The molecule has 10 heteroatoms. The Morgan fingerprint density at radius 2 is 1.43 bits per heavy atom. The van der Waals surface area contributed by atoms with E-state index in [1.54, 1.807) is 14.1 Å². The lowest BCUT2D eigenvalue weighted by molar-refractivity contribution is -0.117. The van der Waals surface area contributed by atoms with Crippen LogP contribution in [0.4, 0.5) is 20.2 Å². The number of anilines is 2. The average molecular weight is 435 g/mol. The number of carbonyl (C=O) groups excluding carboxylic acids is 3. The number of hydrogen-bond acceptors (Lipinski definition) is 4. The van der Waals surface area contributed by atoms with Crippen LogP contribution >= 0.6 is 11.6 Å². The third-order valence-corrected chi connectivity index (χ3v) is 4.93. The monoisotopic (exact) mass is 434 g/mol. The van der Waals surface area contributed by atoms with Crippen molar-refractivity contribution in [1.82, 2.24) is 5.32 Å². The highest BCUT2D eigenvalue weighted by Gasteiger charge is 2.24. The lowest BCUT2D eigenvalue weighted by Gasteiger charge is -2.16. The Hall–Kier alpha value is -3.33. The molecule has 0 aromatic heterocycles. The summed E-state index contributed by atoms with van der Waals surface area (Å²) in [6.07, 6.45) is 0. The fourth-order valence-corrected chi connectivity index (χ4v) is 3.13. The number of benzene rings is 2. The van der Waals surface area contributed by atoms with E-state index < -0.39 is 17.5 Å². The van der Waals surface area contributed by atoms with Crippen LogP contribution in [0.25, 0.3) is 0 Å². The number of benzodiazepines with no additional fused rings is 1. The summed E-state index contributed by atoms with van der Waals surface area (Å²) in [5.41, 5.74) is 1.64. The average Bonchev–Trinajstić information content (AvgIpc) is 2.90. The summed E-state index contributed by atoms with van der Waals surface area (Å²) < 4.78 is 25.9. The molecule has 156 valence electrons. The Morgan fingerprint density at radius 3 is 2.07 bits per heavy atom. The predicted octanol–water partition coefficient (Wildman–Crippen LogP) is 2.32. The number of aliphatic imine (C=N–C) groups is 1. The molecule has 2 aliphatic heterocycles. The van der Waals surface area contributed by atoms with Gasteiger partial charge in [-0.1, -0.05) is 11.6 Å². The SMILES string of the molecule is CN1C(=O)CN=C(Cl)c2cc(F)ccc21.CN1C(=O)CNC(=O)c2cc(F)ccc21. The summed E-state index contributed by atoms with van der Waals surface area (Å²) in [7, 11) is 3.17. The number of carbonyl (C=O) groups is 3. The highest BCUT2D eigenvalue weighted by Crippen LogP contribution is 2.25. The van der Waals surface area contributed by atoms with Gasteiger partial charge in [-0.25, -0.2) is 8.78 Å². The number of hydrogen-bond donors (Lipinski definition) is 1. The Balaban J connectivity index is 0.000000171. The van der Waals surface area contributed by atoms with Crippen molar-refractivity contribution < 1.29 is 23.2 Å². The molecule has 0 atom stereocenters. The van der Waals surface area contributed by atoms with Gasteiger partial charge in [-0.3, -0.25) is 19.4 Å². The zero-order valence-corrected chi connectivity index (χ0v) is 16.8. The topological polar surface area (TPSA) is 82.1 Å². The van der Waals surface area contributed by atoms with E-state index >= 15 is 0 Å². The third kappa shape index (κ3) is 4.30. The van der Waals surface area contributed by atoms with Gasteiger partial charge in [0.05, 0.1) is 23.5 Å². The summed E-state index contributed by atoms with van der Waals surface area (Å²) in [6.45, 7) is -0.0722. The number of amides is 3. The molecule has 2 heterocycles. The zero-order chi connectivity index (χ0) is 22.0. The Bertz CT molecular complexity index is 1070. The number of rotatable bonds is 0. The fraction of sp³-hybridized carbons (Fsp3) is 0.200. The second-order valence-corrected chi connectivity index (χ2v) is 6.88. The van der Waals surface area contributed by atoms with Gasteiger partial charge in [0.2, 0.25) is 11.8 Å². The minimum Gasteiger partial charge on any atom is -0.343 e. The van der Waals surface area contributed by atoms with E-state index in [1.165, 1.54) is 40.1 Å². The summed E-state index contributed by atoms with van der Waals surface area (Å²) >= 11 is 5.86. The Morgan fingerprint density at radius 1 is 0.900 bits per heavy atom. The van der Waals surface area contributed by atoms with Crippen LogP contribution in [-0.4, -0.2) is 50.1 Å². The van der Waals surface area contributed by atoms with Gasteiger partial charge in [0.15, 0.2) is 0 Å². The molecule has 0 saturated carbocycles. The standard InChI is InChI=1S/C10H8ClFN2O.C10H9FN2O2/c1-14-8-3-2-6(12)4-7(8)10(11)13-5-9(14)15;1-13-8-3-2-6(11)4-7(8)10(15)12-5-9(13)14/h2-4H,5H2,1H3;2-4H,5H2,1H3,(H,12,15). The van der Waals surface area contributed by atoms with Crippen molar-refractivity contribution in [1.29, 1.82) is 0 Å². The molecule has 0 saturated heterocycles. The second kappa shape index (κ2) is 8.58. The maximum Gasteiger partial charge on any atom is 0.253 e. The van der Waals surface area contributed by atoms with Crippen molar-refractivity contribution in [2.45, 2.75) is 0 Å². The van der Waals surface area contributed by atoms with Gasteiger partial charge >= 0.3 is 0 Å². The zero-order valence-electron chi connectivity index (χ0n) is 16.1. The number of halogens is 3. The van der Waals surface area contributed by atoms with Gasteiger partial charge < -0.3 is 15.1 Å². The van der Waals surface area contributed by atoms with E-state index in [-0.39, 0.29) is 35.6 Å². The van der Waals surface area contributed by atoms with Crippen molar-refractivity contribution >= 4 is 45.9 Å². The van der Waals surface area contributed by atoms with Crippen LogP contribution in [0, 0.1) is 11.6 Å². The summed E-state index contributed by atoms with van der Waals surface area (Å²) in [5.74, 6) is -1.72. The predicted molar refractivity (Wildman–Crippen MR) is 109 cm³/mol. The number of fused-ring (bicyclic) bond motifs is 2. The van der Waals surface area contributed by atoms with E-state index in [0.717, 1.165) is 6.07 Å². The van der Waals surface area contributed by atoms with Crippen molar-refractivity contribution in [2.24, 2.45) is 4.99 Å². The van der Waals surface area contributed by atoms with E-state index in [2.05, 4.69) is 10.3 Å². The first kappa shape index (κ1) is 21.4. The Kier molecular flexibility index (Phi) is 6.12. The number of nitrogens with zero attached hydrogens (tertiary/aromatic N) is 3. The normalized spacial score (nSPS) is 15.8. The van der Waals surface area contributed by atoms with Crippen molar-refractivity contribution in [2.75, 3.05) is 37.0 Å². The molecule has 0 unspecified atom stereocenters. The maximum atomic E-state index is 13.0. The molecular weight excluding hydrogens is 418 g/mol. The van der Waals surface area contributed by atoms with Crippen LogP contribution in [0.2, 0.25) is 0 Å². The molecule has 30 heavy (non-hydrogen) atoms. The molecule has 7 nitrogen and oxygen atoms in total. The summed E-state index contributed by atoms with van der Waals surface area (Å²) in [5, 5.41) is 2.58.